The molecular weight excluding hydrogens is 288 g/mol. The third-order valence-corrected chi connectivity index (χ3v) is 6.30. The summed E-state index contributed by atoms with van der Waals surface area (Å²) in [7, 11) is 0. The smallest absolute Gasteiger partial charge is 0.171 e. The standard InChI is InChI=1S/C15H24N2OS2/c1-9(18)12-11(16)13(19-4)14(20-12)17-10-5-7-15(2,3)8-6-10/h10,17H,5-8,16H2,1-4H3. The van der Waals surface area contributed by atoms with Crippen molar-refractivity contribution in [1.29, 1.82) is 0 Å². The molecule has 0 amide bonds. The molecule has 0 aromatic carbocycles. The number of thiophene rings is 1. The first kappa shape index (κ1) is 15.7. The molecule has 0 aliphatic heterocycles. The minimum atomic E-state index is 0.0561. The lowest BCUT2D eigenvalue weighted by Crippen LogP contribution is -2.29. The molecule has 1 heterocycles. The first-order valence-corrected chi connectivity index (χ1v) is 9.12. The van der Waals surface area contributed by atoms with Gasteiger partial charge in [0.1, 0.15) is 5.00 Å². The van der Waals surface area contributed by atoms with E-state index in [-0.39, 0.29) is 5.78 Å². The lowest BCUT2D eigenvalue weighted by Gasteiger charge is -2.34. The van der Waals surface area contributed by atoms with Gasteiger partial charge in [-0.25, -0.2) is 0 Å². The summed E-state index contributed by atoms with van der Waals surface area (Å²) in [5, 5.41) is 4.69. The Kier molecular flexibility index (Phi) is 4.69. The number of nitrogens with two attached hydrogens (primary N) is 1. The fourth-order valence-electron chi connectivity index (χ4n) is 2.72. The van der Waals surface area contributed by atoms with E-state index in [1.165, 1.54) is 37.0 Å². The van der Waals surface area contributed by atoms with Crippen LogP contribution in [0.4, 0.5) is 10.7 Å². The van der Waals surface area contributed by atoms with Crippen LogP contribution >= 0.6 is 23.1 Å². The van der Waals surface area contributed by atoms with Crippen molar-refractivity contribution in [3.8, 4) is 0 Å². The molecule has 3 nitrogen and oxygen atoms in total. The van der Waals surface area contributed by atoms with Crippen LogP contribution in [0.15, 0.2) is 4.90 Å². The molecule has 0 saturated heterocycles. The second-order valence-corrected chi connectivity index (χ2v) is 8.18. The molecule has 1 aliphatic rings. The van der Waals surface area contributed by atoms with Crippen LogP contribution in [0.1, 0.15) is 56.1 Å². The first-order valence-electron chi connectivity index (χ1n) is 7.08. The minimum Gasteiger partial charge on any atom is -0.396 e. The van der Waals surface area contributed by atoms with Gasteiger partial charge in [-0.15, -0.1) is 23.1 Å². The van der Waals surface area contributed by atoms with Crippen LogP contribution in [-0.4, -0.2) is 18.1 Å². The van der Waals surface area contributed by atoms with E-state index in [0.29, 0.717) is 22.0 Å². The van der Waals surface area contributed by atoms with Gasteiger partial charge in [0.2, 0.25) is 0 Å². The highest BCUT2D eigenvalue weighted by Gasteiger charge is 2.28. The van der Waals surface area contributed by atoms with Crippen molar-refractivity contribution in [2.24, 2.45) is 5.41 Å². The second-order valence-electron chi connectivity index (χ2n) is 6.35. The van der Waals surface area contributed by atoms with Crippen LogP contribution in [0.3, 0.4) is 0 Å². The molecule has 0 spiro atoms. The van der Waals surface area contributed by atoms with Crippen molar-refractivity contribution in [3.63, 3.8) is 0 Å². The molecule has 2 rings (SSSR count). The van der Waals surface area contributed by atoms with Gasteiger partial charge in [-0.1, -0.05) is 13.8 Å². The molecule has 0 radical (unpaired) electrons. The van der Waals surface area contributed by atoms with Crippen molar-refractivity contribution >= 4 is 39.6 Å². The van der Waals surface area contributed by atoms with E-state index in [0.717, 1.165) is 9.90 Å². The Morgan fingerprint density at radius 1 is 1.40 bits per heavy atom. The number of nitrogen functional groups attached to an aromatic ring is 1. The van der Waals surface area contributed by atoms with Crippen LogP contribution in [0.2, 0.25) is 0 Å². The van der Waals surface area contributed by atoms with E-state index < -0.39 is 0 Å². The van der Waals surface area contributed by atoms with Gasteiger partial charge < -0.3 is 11.1 Å². The monoisotopic (exact) mass is 312 g/mol. The number of carbonyl (C=O) groups excluding carboxylic acids is 1. The molecule has 1 saturated carbocycles. The van der Waals surface area contributed by atoms with E-state index in [4.69, 9.17) is 5.73 Å². The second kappa shape index (κ2) is 5.98. The summed E-state index contributed by atoms with van der Waals surface area (Å²) >= 11 is 3.13. The van der Waals surface area contributed by atoms with Crippen LogP contribution in [0, 0.1) is 5.41 Å². The Balaban J connectivity index is 2.14. The van der Waals surface area contributed by atoms with Crippen molar-refractivity contribution in [2.45, 2.75) is 57.4 Å². The van der Waals surface area contributed by atoms with Crippen molar-refractivity contribution in [3.05, 3.63) is 4.88 Å². The Hall–Kier alpha value is -0.680. The summed E-state index contributed by atoms with van der Waals surface area (Å²) in [5.41, 5.74) is 7.21. The summed E-state index contributed by atoms with van der Waals surface area (Å²) in [6, 6.07) is 0.506. The number of hydrogen-bond donors (Lipinski definition) is 2. The fraction of sp³-hybridized carbons (Fsp3) is 0.667. The van der Waals surface area contributed by atoms with Crippen LogP contribution in [0.25, 0.3) is 0 Å². The summed E-state index contributed by atoms with van der Waals surface area (Å²) < 4.78 is 0. The molecule has 5 heteroatoms. The molecule has 3 N–H and O–H groups in total. The van der Waals surface area contributed by atoms with Crippen molar-refractivity contribution in [2.75, 3.05) is 17.3 Å². The van der Waals surface area contributed by atoms with E-state index >= 15 is 0 Å². The molecule has 0 atom stereocenters. The third kappa shape index (κ3) is 3.31. The van der Waals surface area contributed by atoms with Crippen molar-refractivity contribution in [1.82, 2.24) is 0 Å². The predicted molar refractivity (Wildman–Crippen MR) is 90.2 cm³/mol. The van der Waals surface area contributed by atoms with Gasteiger partial charge in [0, 0.05) is 13.0 Å². The number of ketones is 1. The van der Waals surface area contributed by atoms with Crippen LogP contribution in [-0.2, 0) is 0 Å². The van der Waals surface area contributed by atoms with Crippen molar-refractivity contribution < 1.29 is 4.79 Å². The Bertz CT molecular complexity index is 498. The minimum absolute atomic E-state index is 0.0561. The maximum Gasteiger partial charge on any atom is 0.171 e. The number of Topliss-reactive ketones (excluding diaryl/α,β-unsaturated/α-hetero) is 1. The highest BCUT2D eigenvalue weighted by atomic mass is 32.2. The van der Waals surface area contributed by atoms with E-state index in [2.05, 4.69) is 19.2 Å². The van der Waals surface area contributed by atoms with Gasteiger partial charge in [0.15, 0.2) is 5.78 Å². The van der Waals surface area contributed by atoms with E-state index in [9.17, 15) is 4.79 Å². The molecule has 0 unspecified atom stereocenters. The summed E-state index contributed by atoms with van der Waals surface area (Å²) in [4.78, 5) is 13.3. The fourth-order valence-corrected chi connectivity index (χ4v) is 4.71. The number of thioether (sulfide) groups is 1. The number of rotatable bonds is 4. The van der Waals surface area contributed by atoms with Gasteiger partial charge in [0.05, 0.1) is 15.5 Å². The van der Waals surface area contributed by atoms with Gasteiger partial charge in [-0.2, -0.15) is 0 Å². The molecular formula is C15H24N2OS2. The van der Waals surface area contributed by atoms with Gasteiger partial charge in [-0.05, 0) is 37.4 Å². The third-order valence-electron chi connectivity index (χ3n) is 4.10. The number of nitrogens with one attached hydrogen (secondary N) is 1. The maximum absolute atomic E-state index is 11.6. The highest BCUT2D eigenvalue weighted by molar-refractivity contribution is 7.99. The maximum atomic E-state index is 11.6. The Morgan fingerprint density at radius 3 is 2.50 bits per heavy atom. The topological polar surface area (TPSA) is 55.1 Å². The lowest BCUT2D eigenvalue weighted by molar-refractivity contribution is 0.102. The average molecular weight is 313 g/mol. The van der Waals surface area contributed by atoms with E-state index in [1.807, 2.05) is 6.26 Å². The average Bonchev–Trinajstić information content (AvgIpc) is 2.68. The lowest BCUT2D eigenvalue weighted by atomic mass is 9.75. The zero-order valence-electron chi connectivity index (χ0n) is 12.7. The van der Waals surface area contributed by atoms with Crippen LogP contribution in [0.5, 0.6) is 0 Å². The zero-order chi connectivity index (χ0) is 14.9. The van der Waals surface area contributed by atoms with Gasteiger partial charge >= 0.3 is 0 Å². The molecule has 1 aromatic rings. The number of hydrogen-bond acceptors (Lipinski definition) is 5. The Morgan fingerprint density at radius 2 is 2.00 bits per heavy atom. The molecule has 1 aliphatic carbocycles. The predicted octanol–water partition coefficient (Wildman–Crippen LogP) is 4.64. The summed E-state index contributed by atoms with van der Waals surface area (Å²) in [6.07, 6.45) is 6.89. The quantitative estimate of drug-likeness (QED) is 0.628. The van der Waals surface area contributed by atoms with Gasteiger partial charge in [-0.3, -0.25) is 4.79 Å². The molecule has 0 bridgehead atoms. The molecule has 112 valence electrons. The van der Waals surface area contributed by atoms with E-state index in [1.54, 1.807) is 18.7 Å². The molecule has 20 heavy (non-hydrogen) atoms. The zero-order valence-corrected chi connectivity index (χ0v) is 14.3. The summed E-state index contributed by atoms with van der Waals surface area (Å²) in [5.74, 6) is 0.0561. The first-order chi connectivity index (χ1) is 9.34. The SMILES string of the molecule is CSc1c(NC2CCC(C)(C)CC2)sc(C(C)=O)c1N. The number of carbonyl (C=O) groups is 1. The molecule has 1 aromatic heterocycles. The number of anilines is 2. The summed E-state index contributed by atoms with van der Waals surface area (Å²) in [6.45, 7) is 6.26. The normalized spacial score (nSPS) is 19.0. The van der Waals surface area contributed by atoms with Crippen LogP contribution < -0.4 is 11.1 Å². The largest absolute Gasteiger partial charge is 0.396 e. The highest BCUT2D eigenvalue weighted by Crippen LogP contribution is 2.44. The Labute approximate surface area is 129 Å². The van der Waals surface area contributed by atoms with Gasteiger partial charge in [0.25, 0.3) is 0 Å². The molecule has 1 fully saturated rings.